The summed E-state index contributed by atoms with van der Waals surface area (Å²) in [6, 6.07) is 0. The van der Waals surface area contributed by atoms with Crippen LogP contribution in [0.5, 0.6) is 0 Å². The molecule has 1 aliphatic heterocycles. The van der Waals surface area contributed by atoms with Crippen molar-refractivity contribution in [2.45, 2.75) is 110 Å². The van der Waals surface area contributed by atoms with E-state index >= 15 is 0 Å². The van der Waals surface area contributed by atoms with E-state index in [2.05, 4.69) is 19.1 Å². The number of hydrogen-bond acceptors (Lipinski definition) is 2. The first-order valence-electron chi connectivity index (χ1n) is 10.7. The van der Waals surface area contributed by atoms with Crippen LogP contribution in [0.4, 0.5) is 0 Å². The first kappa shape index (κ1) is 21.9. The average molecular weight is 350 g/mol. The third kappa shape index (κ3) is 11.2. The topological polar surface area (TPSA) is 37.4 Å². The van der Waals surface area contributed by atoms with Gasteiger partial charge in [-0.1, -0.05) is 76.9 Å². The van der Waals surface area contributed by atoms with Gasteiger partial charge < -0.3 is 0 Å². The highest BCUT2D eigenvalue weighted by Gasteiger charge is 2.27. The summed E-state index contributed by atoms with van der Waals surface area (Å²) in [5.74, 6) is 0.0514. The molecule has 1 aliphatic rings. The van der Waals surface area contributed by atoms with Gasteiger partial charge in [-0.25, -0.2) is 0 Å². The maximum absolute atomic E-state index is 11.5. The molecule has 0 aromatic rings. The van der Waals surface area contributed by atoms with Crippen LogP contribution in [0.25, 0.3) is 0 Å². The summed E-state index contributed by atoms with van der Waals surface area (Å²) in [7, 11) is 0. The molecule has 144 valence electrons. The van der Waals surface area contributed by atoms with E-state index in [0.29, 0.717) is 19.4 Å². The Labute approximate surface area is 155 Å². The molecule has 0 aromatic heterocycles. The van der Waals surface area contributed by atoms with Crippen molar-refractivity contribution in [2.75, 3.05) is 6.54 Å². The zero-order valence-electron chi connectivity index (χ0n) is 16.4. The first-order chi connectivity index (χ1) is 12.3. The van der Waals surface area contributed by atoms with E-state index in [0.717, 1.165) is 12.8 Å². The van der Waals surface area contributed by atoms with E-state index < -0.39 is 0 Å². The predicted molar refractivity (Wildman–Crippen MR) is 105 cm³/mol. The zero-order valence-corrected chi connectivity index (χ0v) is 16.4. The minimum Gasteiger partial charge on any atom is -0.283 e. The summed E-state index contributed by atoms with van der Waals surface area (Å²) in [4.78, 5) is 24.4. The fraction of sp³-hybridized carbons (Fsp3) is 0.818. The van der Waals surface area contributed by atoms with Crippen LogP contribution >= 0.6 is 0 Å². The molecule has 0 N–H and O–H groups in total. The lowest BCUT2D eigenvalue weighted by molar-refractivity contribution is -0.138. The number of allylic oxidation sites excluding steroid dienone is 2. The molecule has 0 radical (unpaired) electrons. The van der Waals surface area contributed by atoms with Crippen molar-refractivity contribution in [2.24, 2.45) is 0 Å². The normalized spacial score (nSPS) is 15.0. The van der Waals surface area contributed by atoms with Gasteiger partial charge in [0, 0.05) is 19.4 Å². The Bertz CT molecular complexity index is 373. The van der Waals surface area contributed by atoms with Gasteiger partial charge in [0.25, 0.3) is 0 Å². The third-order valence-corrected chi connectivity index (χ3v) is 5.05. The average Bonchev–Trinajstić information content (AvgIpc) is 2.93. The summed E-state index contributed by atoms with van der Waals surface area (Å²) in [5.41, 5.74) is 0. The number of carbonyl (C=O) groups excluding carboxylic acids is 2. The number of imide groups is 1. The van der Waals surface area contributed by atoms with Crippen molar-refractivity contribution in [3.05, 3.63) is 12.2 Å². The number of nitrogens with zero attached hydrogens (tertiary/aromatic N) is 1. The Morgan fingerprint density at radius 2 is 1.12 bits per heavy atom. The van der Waals surface area contributed by atoms with Gasteiger partial charge in [-0.3, -0.25) is 14.5 Å². The zero-order chi connectivity index (χ0) is 18.2. The first-order valence-corrected chi connectivity index (χ1v) is 10.7. The van der Waals surface area contributed by atoms with Gasteiger partial charge >= 0.3 is 0 Å². The molecule has 1 fully saturated rings. The number of amides is 2. The molecule has 2 amide bonds. The minimum atomic E-state index is 0.0257. The molecule has 1 saturated heterocycles. The van der Waals surface area contributed by atoms with Gasteiger partial charge in [-0.2, -0.15) is 0 Å². The molecule has 1 rings (SSSR count). The fourth-order valence-electron chi connectivity index (χ4n) is 3.39. The Balaban J connectivity index is 1.79. The minimum absolute atomic E-state index is 0.0257. The number of carbonyl (C=O) groups is 2. The van der Waals surface area contributed by atoms with E-state index in [4.69, 9.17) is 0 Å². The standard InChI is InChI=1S/C22H39NO2/c1-2-3-4-5-6-7-8-9-10-11-12-13-14-15-16-17-20-23-21(24)18-19-22(23)25/h9-10H,2-8,11-20H2,1H3/b10-9-. The van der Waals surface area contributed by atoms with Gasteiger partial charge in [0.05, 0.1) is 0 Å². The second kappa shape index (κ2) is 15.2. The smallest absolute Gasteiger partial charge is 0.229 e. The lowest BCUT2D eigenvalue weighted by Crippen LogP contribution is -2.29. The van der Waals surface area contributed by atoms with Crippen molar-refractivity contribution < 1.29 is 9.59 Å². The van der Waals surface area contributed by atoms with Crippen LogP contribution in [0.3, 0.4) is 0 Å². The van der Waals surface area contributed by atoms with Gasteiger partial charge in [0.15, 0.2) is 0 Å². The number of unbranched alkanes of at least 4 members (excludes halogenated alkanes) is 12. The van der Waals surface area contributed by atoms with Crippen LogP contribution in [0, 0.1) is 0 Å². The van der Waals surface area contributed by atoms with E-state index in [-0.39, 0.29) is 11.8 Å². The van der Waals surface area contributed by atoms with Crippen molar-refractivity contribution >= 4 is 11.8 Å². The Hall–Kier alpha value is -1.12. The predicted octanol–water partition coefficient (Wildman–Crippen LogP) is 6.17. The summed E-state index contributed by atoms with van der Waals surface area (Å²) in [6.07, 6.45) is 23.5. The Morgan fingerprint density at radius 3 is 1.64 bits per heavy atom. The molecule has 1 heterocycles. The van der Waals surface area contributed by atoms with Gasteiger partial charge in [-0.05, 0) is 32.1 Å². The van der Waals surface area contributed by atoms with Crippen LogP contribution in [0.2, 0.25) is 0 Å². The number of hydrogen-bond donors (Lipinski definition) is 0. The van der Waals surface area contributed by atoms with Crippen LogP contribution in [-0.2, 0) is 9.59 Å². The van der Waals surface area contributed by atoms with E-state index in [1.54, 1.807) is 0 Å². The van der Waals surface area contributed by atoms with Crippen LogP contribution in [-0.4, -0.2) is 23.3 Å². The molecule has 0 bridgehead atoms. The van der Waals surface area contributed by atoms with Gasteiger partial charge in [0.2, 0.25) is 11.8 Å². The summed E-state index contributed by atoms with van der Waals surface area (Å²) in [6.45, 7) is 2.90. The van der Waals surface area contributed by atoms with Gasteiger partial charge in [0.1, 0.15) is 0 Å². The quantitative estimate of drug-likeness (QED) is 0.190. The maximum Gasteiger partial charge on any atom is 0.229 e. The van der Waals surface area contributed by atoms with E-state index in [1.165, 1.54) is 81.9 Å². The highest BCUT2D eigenvalue weighted by molar-refractivity contribution is 6.01. The molecule has 0 aliphatic carbocycles. The molecule has 3 heteroatoms. The second-order valence-corrected chi connectivity index (χ2v) is 7.38. The molecule has 0 unspecified atom stereocenters. The van der Waals surface area contributed by atoms with Crippen molar-refractivity contribution in [3.8, 4) is 0 Å². The van der Waals surface area contributed by atoms with Crippen LogP contribution in [0.1, 0.15) is 110 Å². The fourth-order valence-corrected chi connectivity index (χ4v) is 3.39. The Kier molecular flexibility index (Phi) is 13.3. The van der Waals surface area contributed by atoms with Crippen LogP contribution in [0.15, 0.2) is 12.2 Å². The maximum atomic E-state index is 11.5. The summed E-state index contributed by atoms with van der Waals surface area (Å²) >= 11 is 0. The summed E-state index contributed by atoms with van der Waals surface area (Å²) < 4.78 is 0. The molecule has 0 atom stereocenters. The molecule has 0 aromatic carbocycles. The molecular formula is C22H39NO2. The van der Waals surface area contributed by atoms with Gasteiger partial charge in [-0.15, -0.1) is 0 Å². The number of likely N-dealkylation sites (tertiary alicyclic amines) is 1. The SMILES string of the molecule is CCCCCCCC/C=C\CCCCCCCCN1C(=O)CCC1=O. The molecule has 0 spiro atoms. The third-order valence-electron chi connectivity index (χ3n) is 5.05. The molecule has 3 nitrogen and oxygen atoms in total. The van der Waals surface area contributed by atoms with Crippen molar-refractivity contribution in [1.29, 1.82) is 0 Å². The lowest BCUT2D eigenvalue weighted by Gasteiger charge is -2.12. The highest BCUT2D eigenvalue weighted by Crippen LogP contribution is 2.14. The van der Waals surface area contributed by atoms with E-state index in [9.17, 15) is 9.59 Å². The second-order valence-electron chi connectivity index (χ2n) is 7.38. The van der Waals surface area contributed by atoms with Crippen molar-refractivity contribution in [3.63, 3.8) is 0 Å². The lowest BCUT2D eigenvalue weighted by atomic mass is 10.1. The molecule has 0 saturated carbocycles. The number of rotatable bonds is 16. The van der Waals surface area contributed by atoms with Crippen LogP contribution < -0.4 is 0 Å². The molecular weight excluding hydrogens is 310 g/mol. The summed E-state index contributed by atoms with van der Waals surface area (Å²) in [5, 5.41) is 0. The largest absolute Gasteiger partial charge is 0.283 e. The van der Waals surface area contributed by atoms with Crippen molar-refractivity contribution in [1.82, 2.24) is 4.90 Å². The highest BCUT2D eigenvalue weighted by atomic mass is 16.2. The monoisotopic (exact) mass is 349 g/mol. The molecule has 25 heavy (non-hydrogen) atoms. The Morgan fingerprint density at radius 1 is 0.680 bits per heavy atom. The van der Waals surface area contributed by atoms with E-state index in [1.807, 2.05) is 0 Å².